The molecule has 1 amide bonds. The largest absolute Gasteiger partial charge is 0.692 e. The van der Waals surface area contributed by atoms with Gasteiger partial charge < -0.3 is 15.7 Å². The zero-order valence-corrected chi connectivity index (χ0v) is 13.4. The average Bonchev–Trinajstić information content (AvgIpc) is 3.20. The van der Waals surface area contributed by atoms with E-state index in [1.807, 2.05) is 0 Å². The van der Waals surface area contributed by atoms with Crippen molar-refractivity contribution in [1.82, 2.24) is 20.4 Å². The van der Waals surface area contributed by atoms with E-state index in [4.69, 9.17) is 6.42 Å². The molecule has 10 nitrogen and oxygen atoms in total. The van der Waals surface area contributed by atoms with Crippen LogP contribution in [-0.4, -0.2) is 27.5 Å². The second-order valence-electron chi connectivity index (χ2n) is 5.59. The van der Waals surface area contributed by atoms with Crippen molar-refractivity contribution in [1.29, 1.82) is 0 Å². The molecule has 2 heterocycles. The molecule has 130 valence electrons. The van der Waals surface area contributed by atoms with Crippen molar-refractivity contribution in [3.8, 4) is 29.4 Å². The lowest BCUT2D eigenvalue weighted by molar-refractivity contribution is -0.808. The van der Waals surface area contributed by atoms with Gasteiger partial charge in [-0.05, 0) is 21.8 Å². The fourth-order valence-corrected chi connectivity index (χ4v) is 2.91. The van der Waals surface area contributed by atoms with E-state index in [2.05, 4.69) is 26.1 Å². The van der Waals surface area contributed by atoms with E-state index in [1.165, 1.54) is 0 Å². The number of carbonyl (C=O) groups excluding carboxylic acids is 1. The SMILES string of the molecule is C#CCNC(=O)c1ccccc1-n1nc2c([n+]1[O-])CCc1c-2no[n+]1[O-]. The summed E-state index contributed by atoms with van der Waals surface area (Å²) in [5.41, 5.74) is 1.70. The summed E-state index contributed by atoms with van der Waals surface area (Å²) < 4.78 is 4.60. The predicted octanol–water partition coefficient (Wildman–Crippen LogP) is -0.744. The van der Waals surface area contributed by atoms with E-state index in [-0.39, 0.29) is 29.2 Å². The summed E-state index contributed by atoms with van der Waals surface area (Å²) >= 11 is 0. The molecule has 3 aromatic rings. The topological polar surface area (TPSA) is 127 Å². The summed E-state index contributed by atoms with van der Waals surface area (Å²) in [5.74, 6) is 1.90. The summed E-state index contributed by atoms with van der Waals surface area (Å²) in [6.07, 6.45) is 5.78. The van der Waals surface area contributed by atoms with Crippen molar-refractivity contribution < 1.29 is 19.2 Å². The molecule has 10 heteroatoms. The highest BCUT2D eigenvalue weighted by molar-refractivity contribution is 5.97. The lowest BCUT2D eigenvalue weighted by atomic mass is 10.0. The van der Waals surface area contributed by atoms with Crippen LogP contribution in [0, 0.1) is 22.8 Å². The van der Waals surface area contributed by atoms with Gasteiger partial charge in [-0.1, -0.05) is 18.1 Å². The molecule has 2 aromatic heterocycles. The minimum absolute atomic E-state index is 0.0615. The van der Waals surface area contributed by atoms with Gasteiger partial charge in [-0.15, -0.1) is 11.3 Å². The Bertz CT molecular complexity index is 1060. The van der Waals surface area contributed by atoms with Crippen LogP contribution in [-0.2, 0) is 12.8 Å². The number of carbonyl (C=O) groups is 1. The van der Waals surface area contributed by atoms with Crippen molar-refractivity contribution >= 4 is 5.91 Å². The van der Waals surface area contributed by atoms with Crippen LogP contribution in [0.15, 0.2) is 28.9 Å². The van der Waals surface area contributed by atoms with E-state index >= 15 is 0 Å². The number of fused-ring (bicyclic) bond motifs is 3. The van der Waals surface area contributed by atoms with Crippen LogP contribution in [0.5, 0.6) is 0 Å². The number of hydrogen-bond acceptors (Lipinski definition) is 6. The van der Waals surface area contributed by atoms with Crippen molar-refractivity contribution in [3.63, 3.8) is 0 Å². The van der Waals surface area contributed by atoms with Crippen molar-refractivity contribution in [3.05, 3.63) is 51.6 Å². The van der Waals surface area contributed by atoms with Gasteiger partial charge in [0, 0.05) is 12.8 Å². The first-order chi connectivity index (χ1) is 12.6. The first-order valence-corrected chi connectivity index (χ1v) is 7.73. The zero-order chi connectivity index (χ0) is 18.3. The predicted molar refractivity (Wildman–Crippen MR) is 85.6 cm³/mol. The minimum Gasteiger partial charge on any atom is -0.692 e. The van der Waals surface area contributed by atoms with Crippen LogP contribution in [0.1, 0.15) is 21.7 Å². The monoisotopic (exact) mass is 352 g/mol. The van der Waals surface area contributed by atoms with Gasteiger partial charge >= 0.3 is 11.4 Å². The van der Waals surface area contributed by atoms with Gasteiger partial charge in [-0.3, -0.25) is 9.42 Å². The normalized spacial score (nSPS) is 12.1. The molecule has 1 aliphatic rings. The number of rotatable bonds is 3. The van der Waals surface area contributed by atoms with E-state index in [0.29, 0.717) is 34.0 Å². The number of amides is 1. The first kappa shape index (κ1) is 15.6. The molecule has 0 fully saturated rings. The van der Waals surface area contributed by atoms with E-state index in [9.17, 15) is 15.2 Å². The Balaban J connectivity index is 1.84. The Morgan fingerprint density at radius 1 is 1.31 bits per heavy atom. The Labute approximate surface area is 146 Å². The maximum Gasteiger partial charge on any atom is 0.303 e. The molecule has 4 rings (SSSR count). The average molecular weight is 352 g/mol. The molecule has 1 aromatic carbocycles. The Hall–Kier alpha value is -3.87. The first-order valence-electron chi connectivity index (χ1n) is 7.73. The molecular formula is C16H12N6O4. The molecule has 0 spiro atoms. The maximum absolute atomic E-state index is 12.7. The van der Waals surface area contributed by atoms with Crippen LogP contribution >= 0.6 is 0 Å². The molecule has 0 bridgehead atoms. The molecule has 26 heavy (non-hydrogen) atoms. The lowest BCUT2D eigenvalue weighted by Gasteiger charge is -2.10. The van der Waals surface area contributed by atoms with Crippen LogP contribution in [0.25, 0.3) is 17.1 Å². The fraction of sp³-hybridized carbons (Fsp3) is 0.188. The third-order valence-corrected chi connectivity index (χ3v) is 4.11. The summed E-state index contributed by atoms with van der Waals surface area (Å²) in [5, 5.41) is 34.8. The third-order valence-electron chi connectivity index (χ3n) is 4.11. The second-order valence-corrected chi connectivity index (χ2v) is 5.59. The molecule has 0 aliphatic heterocycles. The van der Waals surface area contributed by atoms with Crippen molar-refractivity contribution in [2.75, 3.05) is 6.54 Å². The van der Waals surface area contributed by atoms with Gasteiger partial charge in [0.2, 0.25) is 5.69 Å². The fourth-order valence-electron chi connectivity index (χ4n) is 2.91. The van der Waals surface area contributed by atoms with Gasteiger partial charge in [0.25, 0.3) is 5.91 Å². The summed E-state index contributed by atoms with van der Waals surface area (Å²) in [4.78, 5) is 14.3. The summed E-state index contributed by atoms with van der Waals surface area (Å²) in [6, 6.07) is 6.51. The number of nitrogens with one attached hydrogen (secondary N) is 1. The quantitative estimate of drug-likeness (QED) is 0.376. The molecule has 0 radical (unpaired) electrons. The molecule has 0 unspecified atom stereocenters. The Kier molecular flexibility index (Phi) is 3.54. The Morgan fingerprint density at radius 2 is 2.08 bits per heavy atom. The molecule has 0 saturated carbocycles. The highest BCUT2D eigenvalue weighted by Crippen LogP contribution is 2.27. The Morgan fingerprint density at radius 3 is 2.88 bits per heavy atom. The van der Waals surface area contributed by atoms with Crippen molar-refractivity contribution in [2.24, 2.45) is 0 Å². The van der Waals surface area contributed by atoms with Gasteiger partial charge in [0.15, 0.2) is 5.69 Å². The van der Waals surface area contributed by atoms with Gasteiger partial charge in [0.05, 0.1) is 22.4 Å². The molecule has 0 atom stereocenters. The molecular weight excluding hydrogens is 340 g/mol. The number of para-hydroxylation sites is 1. The van der Waals surface area contributed by atoms with Crippen LogP contribution in [0.3, 0.4) is 0 Å². The van der Waals surface area contributed by atoms with Gasteiger partial charge in [-0.25, -0.2) is 0 Å². The smallest absolute Gasteiger partial charge is 0.303 e. The number of hydrogen-bond donors (Lipinski definition) is 1. The number of nitrogens with zero attached hydrogens (tertiary/aromatic N) is 5. The zero-order valence-electron chi connectivity index (χ0n) is 13.4. The molecule has 1 N–H and O–H groups in total. The maximum atomic E-state index is 12.7. The third kappa shape index (κ3) is 2.26. The highest BCUT2D eigenvalue weighted by Gasteiger charge is 2.39. The van der Waals surface area contributed by atoms with E-state index in [0.717, 1.165) is 4.80 Å². The number of aromatic nitrogens is 5. The molecule has 0 saturated heterocycles. The number of benzene rings is 1. The van der Waals surface area contributed by atoms with E-state index in [1.54, 1.807) is 24.3 Å². The van der Waals surface area contributed by atoms with Crippen molar-refractivity contribution in [2.45, 2.75) is 12.8 Å². The molecule has 1 aliphatic carbocycles. The summed E-state index contributed by atoms with van der Waals surface area (Å²) in [6.45, 7) is 0.0615. The van der Waals surface area contributed by atoms with Crippen LogP contribution in [0.4, 0.5) is 0 Å². The van der Waals surface area contributed by atoms with Crippen LogP contribution < -0.4 is 15.1 Å². The summed E-state index contributed by atoms with van der Waals surface area (Å²) in [7, 11) is 0. The van der Waals surface area contributed by atoms with E-state index < -0.39 is 5.91 Å². The van der Waals surface area contributed by atoms with Gasteiger partial charge in [-0.2, -0.15) is 0 Å². The number of terminal acetylenes is 1. The lowest BCUT2D eigenvalue weighted by Crippen LogP contribution is -2.42. The van der Waals surface area contributed by atoms with Gasteiger partial charge in [0.1, 0.15) is 5.69 Å². The highest BCUT2D eigenvalue weighted by atomic mass is 16.8. The van der Waals surface area contributed by atoms with Crippen LogP contribution in [0.2, 0.25) is 0 Å². The minimum atomic E-state index is -0.424. The standard InChI is InChI=1S/C16H12N6O4/c1-2-9-17-16(23)10-5-3-4-6-11(10)20-18-14-12(21(20)24)7-8-13-15(14)19-26-22(13)25/h1,3-6H,7-9H2,(H,17,23). The second kappa shape index (κ2) is 5.89.